The quantitative estimate of drug-likeness (QED) is 0.146. The third kappa shape index (κ3) is 5.54. The SMILES string of the molecule is O=c1cc(-c2ccc(O)c(O)c2)oc2cc(O[C@@H]3OC[C@H](O[C@@H]4O[C@H](CO)[C@@H](O)[C@H](O)[C@H]4O)[C@H](O)[C@H]3O)cc(O)c12. The molecule has 2 aliphatic rings. The maximum absolute atomic E-state index is 12.7. The number of hydrogen-bond acceptors (Lipinski definition) is 15. The summed E-state index contributed by atoms with van der Waals surface area (Å²) in [5, 5.41) is 90.2. The van der Waals surface area contributed by atoms with Crippen molar-refractivity contribution in [1.29, 1.82) is 0 Å². The molecule has 0 radical (unpaired) electrons. The van der Waals surface area contributed by atoms with E-state index in [1.165, 1.54) is 24.3 Å². The Kier molecular flexibility index (Phi) is 8.06. The molecule has 2 saturated heterocycles. The average Bonchev–Trinajstić information content (AvgIpc) is 2.94. The Bertz CT molecular complexity index is 1450. The van der Waals surface area contributed by atoms with Gasteiger partial charge in [0.25, 0.3) is 0 Å². The fourth-order valence-corrected chi connectivity index (χ4v) is 4.61. The van der Waals surface area contributed by atoms with Gasteiger partial charge >= 0.3 is 0 Å². The molecule has 0 unspecified atom stereocenters. The van der Waals surface area contributed by atoms with Gasteiger partial charge in [0.05, 0.1) is 13.2 Å². The summed E-state index contributed by atoms with van der Waals surface area (Å²) in [5.41, 5.74) is -0.482. The van der Waals surface area contributed by atoms with E-state index in [0.29, 0.717) is 0 Å². The molecule has 41 heavy (non-hydrogen) atoms. The molecule has 0 saturated carbocycles. The largest absolute Gasteiger partial charge is 0.507 e. The first-order valence-corrected chi connectivity index (χ1v) is 12.4. The highest BCUT2D eigenvalue weighted by molar-refractivity contribution is 5.86. The van der Waals surface area contributed by atoms with Crippen molar-refractivity contribution in [1.82, 2.24) is 0 Å². The standard InChI is InChI=1S/C26H28O15/c27-7-17-20(32)22(34)24(36)26(40-17)41-18-8-37-25(23(35)21(18)33)38-10-4-13(30)19-14(31)6-15(39-16(19)5-10)9-1-2-11(28)12(29)3-9/h1-6,17-18,20-30,32-36H,7-8H2/t17-,18+,20-,21+,22+,23-,24-,25+,26+/m1/s1. The van der Waals surface area contributed by atoms with Gasteiger partial charge in [-0.15, -0.1) is 0 Å². The number of phenols is 3. The summed E-state index contributed by atoms with van der Waals surface area (Å²) in [5.74, 6) is -1.44. The van der Waals surface area contributed by atoms with Crippen molar-refractivity contribution in [2.45, 2.75) is 55.3 Å². The van der Waals surface area contributed by atoms with Crippen molar-refractivity contribution in [3.63, 3.8) is 0 Å². The molecule has 9 atom stereocenters. The van der Waals surface area contributed by atoms with Crippen molar-refractivity contribution in [2.75, 3.05) is 13.2 Å². The zero-order valence-corrected chi connectivity index (χ0v) is 21.0. The predicted molar refractivity (Wildman–Crippen MR) is 134 cm³/mol. The molecule has 3 aromatic rings. The Hall–Kier alpha value is -3.51. The van der Waals surface area contributed by atoms with Crippen molar-refractivity contribution >= 4 is 11.0 Å². The van der Waals surface area contributed by atoms with Gasteiger partial charge < -0.3 is 69.3 Å². The van der Waals surface area contributed by atoms with Crippen LogP contribution >= 0.6 is 0 Å². The Labute approximate surface area is 230 Å². The fourth-order valence-electron chi connectivity index (χ4n) is 4.61. The molecule has 0 aliphatic carbocycles. The molecule has 9 N–H and O–H groups in total. The summed E-state index contributed by atoms with van der Waals surface area (Å²) in [6.45, 7) is -1.09. The van der Waals surface area contributed by atoms with E-state index in [9.17, 15) is 50.8 Å². The van der Waals surface area contributed by atoms with Gasteiger partial charge in [0.15, 0.2) is 23.2 Å². The normalized spacial score (nSPS) is 32.2. The lowest BCUT2D eigenvalue weighted by Gasteiger charge is -2.43. The van der Waals surface area contributed by atoms with E-state index in [4.69, 9.17) is 23.4 Å². The molecular weight excluding hydrogens is 552 g/mol. The maximum atomic E-state index is 12.7. The second kappa shape index (κ2) is 11.4. The number of hydrogen-bond donors (Lipinski definition) is 9. The summed E-state index contributed by atoms with van der Waals surface area (Å²) < 4.78 is 27.5. The molecule has 0 bridgehead atoms. The van der Waals surface area contributed by atoms with E-state index < -0.39 is 85.4 Å². The van der Waals surface area contributed by atoms with Crippen molar-refractivity contribution in [2.24, 2.45) is 0 Å². The first-order valence-electron chi connectivity index (χ1n) is 12.4. The van der Waals surface area contributed by atoms with E-state index >= 15 is 0 Å². The Balaban J connectivity index is 1.32. The second-order valence-corrected chi connectivity index (χ2v) is 9.67. The molecule has 0 spiro atoms. The smallest absolute Gasteiger partial charge is 0.228 e. The minimum Gasteiger partial charge on any atom is -0.507 e. The van der Waals surface area contributed by atoms with Crippen molar-refractivity contribution in [3.8, 4) is 34.3 Å². The van der Waals surface area contributed by atoms with Crippen LogP contribution in [0.1, 0.15) is 0 Å². The van der Waals surface area contributed by atoms with Gasteiger partial charge in [0, 0.05) is 23.8 Å². The van der Waals surface area contributed by atoms with Crippen molar-refractivity contribution in [3.05, 3.63) is 46.6 Å². The number of aliphatic hydroxyl groups excluding tert-OH is 6. The Morgan fingerprint density at radius 2 is 1.54 bits per heavy atom. The molecule has 2 fully saturated rings. The van der Waals surface area contributed by atoms with Crippen LogP contribution < -0.4 is 10.2 Å². The molecular formula is C26H28O15. The molecule has 5 rings (SSSR count). The van der Waals surface area contributed by atoms with Gasteiger partial charge in [-0.2, -0.15) is 0 Å². The zero-order valence-electron chi connectivity index (χ0n) is 21.0. The van der Waals surface area contributed by atoms with E-state index in [1.54, 1.807) is 0 Å². The van der Waals surface area contributed by atoms with Crippen LogP contribution in [0.15, 0.2) is 45.6 Å². The van der Waals surface area contributed by atoms with Crippen LogP contribution in [-0.4, -0.2) is 114 Å². The fraction of sp³-hybridized carbons (Fsp3) is 0.423. The van der Waals surface area contributed by atoms with Crippen LogP contribution in [0.4, 0.5) is 0 Å². The first-order chi connectivity index (χ1) is 19.5. The van der Waals surface area contributed by atoms with Crippen LogP contribution in [0, 0.1) is 0 Å². The second-order valence-electron chi connectivity index (χ2n) is 9.67. The van der Waals surface area contributed by atoms with Crippen LogP contribution in [0.25, 0.3) is 22.3 Å². The monoisotopic (exact) mass is 580 g/mol. The van der Waals surface area contributed by atoms with Crippen LogP contribution in [0.5, 0.6) is 23.0 Å². The van der Waals surface area contributed by atoms with Gasteiger partial charge in [-0.25, -0.2) is 0 Å². The van der Waals surface area contributed by atoms with E-state index in [2.05, 4.69) is 0 Å². The van der Waals surface area contributed by atoms with Gasteiger partial charge in [-0.1, -0.05) is 0 Å². The molecule has 222 valence electrons. The molecule has 0 amide bonds. The van der Waals surface area contributed by atoms with E-state index in [0.717, 1.165) is 12.1 Å². The summed E-state index contributed by atoms with van der Waals surface area (Å²) >= 11 is 0. The van der Waals surface area contributed by atoms with Crippen LogP contribution in [0.2, 0.25) is 0 Å². The minimum atomic E-state index is -1.74. The summed E-state index contributed by atoms with van der Waals surface area (Å²) in [6, 6.07) is 7.18. The highest BCUT2D eigenvalue weighted by Crippen LogP contribution is 2.35. The molecule has 2 aromatic carbocycles. The van der Waals surface area contributed by atoms with Gasteiger partial charge in [-0.3, -0.25) is 4.79 Å². The molecule has 1 aromatic heterocycles. The highest BCUT2D eigenvalue weighted by atomic mass is 16.7. The van der Waals surface area contributed by atoms with E-state index in [1.807, 2.05) is 0 Å². The lowest BCUT2D eigenvalue weighted by atomic mass is 9.99. The number of aliphatic hydroxyl groups is 6. The predicted octanol–water partition coefficient (Wildman–Crippen LogP) is -1.78. The van der Waals surface area contributed by atoms with E-state index in [-0.39, 0.29) is 33.8 Å². The molecule has 3 heterocycles. The van der Waals surface area contributed by atoms with Crippen LogP contribution in [-0.2, 0) is 14.2 Å². The summed E-state index contributed by atoms with van der Waals surface area (Å²) in [7, 11) is 0. The molecule has 2 aliphatic heterocycles. The number of phenolic OH excluding ortho intramolecular Hbond substituents is 3. The van der Waals surface area contributed by atoms with Gasteiger partial charge in [-0.05, 0) is 18.2 Å². The number of benzene rings is 2. The topological polar surface area (TPSA) is 249 Å². The zero-order chi connectivity index (χ0) is 29.6. The summed E-state index contributed by atoms with van der Waals surface area (Å²) in [6.07, 6.45) is -14.1. The highest BCUT2D eigenvalue weighted by Gasteiger charge is 2.48. The van der Waals surface area contributed by atoms with Gasteiger partial charge in [0.2, 0.25) is 6.29 Å². The van der Waals surface area contributed by atoms with Crippen molar-refractivity contribution < 1.29 is 69.3 Å². The Morgan fingerprint density at radius 3 is 2.24 bits per heavy atom. The Morgan fingerprint density at radius 1 is 0.805 bits per heavy atom. The minimum absolute atomic E-state index is 0.00640. The lowest BCUT2D eigenvalue weighted by molar-refractivity contribution is -0.338. The average molecular weight is 580 g/mol. The molecule has 15 nitrogen and oxygen atoms in total. The third-order valence-corrected chi connectivity index (χ3v) is 6.89. The number of fused-ring (bicyclic) bond motifs is 1. The lowest BCUT2D eigenvalue weighted by Crippen LogP contribution is -2.62. The number of ether oxygens (including phenoxy) is 4. The summed E-state index contributed by atoms with van der Waals surface area (Å²) in [4.78, 5) is 12.7. The first kappa shape index (κ1) is 29.0. The third-order valence-electron chi connectivity index (χ3n) is 6.89. The number of rotatable bonds is 6. The number of aromatic hydroxyl groups is 3. The van der Waals surface area contributed by atoms with Gasteiger partial charge in [0.1, 0.15) is 71.0 Å². The maximum Gasteiger partial charge on any atom is 0.228 e. The van der Waals surface area contributed by atoms with Crippen LogP contribution in [0.3, 0.4) is 0 Å². The molecule has 15 heteroatoms.